The summed E-state index contributed by atoms with van der Waals surface area (Å²) in [5.74, 6) is 0.287. The van der Waals surface area contributed by atoms with Gasteiger partial charge in [-0.25, -0.2) is 0 Å². The molecule has 0 radical (unpaired) electrons. The zero-order valence-electron chi connectivity index (χ0n) is 19.6. The van der Waals surface area contributed by atoms with Crippen molar-refractivity contribution >= 4 is 51.9 Å². The normalized spacial score (nSPS) is 12.2. The van der Waals surface area contributed by atoms with Gasteiger partial charge >= 0.3 is 213 Å². The van der Waals surface area contributed by atoms with Crippen molar-refractivity contribution < 1.29 is 4.79 Å². The van der Waals surface area contributed by atoms with Crippen molar-refractivity contribution in [2.45, 2.75) is 30.7 Å². The molecule has 2 heteroatoms. The van der Waals surface area contributed by atoms with Crippen LogP contribution in [0.15, 0.2) is 103 Å². The van der Waals surface area contributed by atoms with Gasteiger partial charge in [-0.1, -0.05) is 0 Å². The average Bonchev–Trinajstić information content (AvgIpc) is 2.85. The number of hydrogen-bond acceptors (Lipinski definition) is 1. The molecule has 1 atom stereocenters. The quantitative estimate of drug-likeness (QED) is 0.192. The Bertz CT molecular complexity index is 1470. The fraction of sp³-hybridized carbons (Fsp3) is 0.156. The van der Waals surface area contributed by atoms with Gasteiger partial charge in [-0.05, 0) is 0 Å². The Labute approximate surface area is 211 Å². The van der Waals surface area contributed by atoms with Crippen molar-refractivity contribution in [3.8, 4) is 11.1 Å². The van der Waals surface area contributed by atoms with E-state index in [-0.39, 0.29) is 5.78 Å². The molecule has 0 aliphatic carbocycles. The molecule has 34 heavy (non-hydrogen) atoms. The molecular formula is C32H28OTe. The predicted octanol–water partition coefficient (Wildman–Crippen LogP) is 7.31. The van der Waals surface area contributed by atoms with Crippen LogP contribution in [0.1, 0.15) is 24.5 Å². The molecule has 0 amide bonds. The Hall–Kier alpha value is -2.92. The number of ketones is 1. The van der Waals surface area contributed by atoms with Crippen molar-refractivity contribution in [1.82, 2.24) is 0 Å². The topological polar surface area (TPSA) is 17.1 Å². The molecule has 0 heterocycles. The third-order valence-electron chi connectivity index (χ3n) is 6.39. The SMILES string of the molecule is CC(=O)C[C@H](Cc1ccccc1)[Te]c1ccc2ccccc2c1-c1c(C)ccc2ccccc12. The number of aryl methyl sites for hydroxylation is 1. The van der Waals surface area contributed by atoms with Gasteiger partial charge in [-0.2, -0.15) is 0 Å². The van der Waals surface area contributed by atoms with Crippen LogP contribution in [0.2, 0.25) is 3.97 Å². The second-order valence-electron chi connectivity index (χ2n) is 8.97. The second kappa shape index (κ2) is 10.1. The molecule has 0 aromatic heterocycles. The van der Waals surface area contributed by atoms with E-state index in [0.29, 0.717) is 10.4 Å². The Kier molecular flexibility index (Phi) is 6.82. The molecule has 5 aromatic carbocycles. The Morgan fingerprint density at radius 1 is 0.706 bits per heavy atom. The molecule has 0 saturated carbocycles. The van der Waals surface area contributed by atoms with Crippen LogP contribution in [0.3, 0.4) is 0 Å². The number of fused-ring (bicyclic) bond motifs is 2. The van der Waals surface area contributed by atoms with Crippen LogP contribution in [0, 0.1) is 6.92 Å². The summed E-state index contributed by atoms with van der Waals surface area (Å²) in [6.45, 7) is 3.96. The van der Waals surface area contributed by atoms with Gasteiger partial charge < -0.3 is 0 Å². The summed E-state index contributed by atoms with van der Waals surface area (Å²) in [6, 6.07) is 37.2. The van der Waals surface area contributed by atoms with Crippen LogP contribution in [0.5, 0.6) is 0 Å². The monoisotopic (exact) mass is 558 g/mol. The fourth-order valence-corrected chi connectivity index (χ4v) is 8.93. The van der Waals surface area contributed by atoms with Crippen molar-refractivity contribution in [3.05, 3.63) is 114 Å². The molecule has 0 saturated heterocycles. The van der Waals surface area contributed by atoms with E-state index >= 15 is 0 Å². The minimum atomic E-state index is -0.644. The van der Waals surface area contributed by atoms with Gasteiger partial charge in [-0.15, -0.1) is 0 Å². The van der Waals surface area contributed by atoms with Crippen molar-refractivity contribution in [2.75, 3.05) is 0 Å². The number of carbonyl (C=O) groups excluding carboxylic acids is 1. The second-order valence-corrected chi connectivity index (χ2v) is 12.8. The summed E-state index contributed by atoms with van der Waals surface area (Å²) in [4.78, 5) is 12.3. The van der Waals surface area contributed by atoms with Crippen LogP contribution in [0.25, 0.3) is 32.7 Å². The molecule has 0 bridgehead atoms. The molecule has 168 valence electrons. The summed E-state index contributed by atoms with van der Waals surface area (Å²) >= 11 is -0.644. The van der Waals surface area contributed by atoms with E-state index in [0.717, 1.165) is 6.42 Å². The molecule has 0 N–H and O–H groups in total. The first-order valence-electron chi connectivity index (χ1n) is 11.8. The predicted molar refractivity (Wildman–Crippen MR) is 146 cm³/mol. The summed E-state index contributed by atoms with van der Waals surface area (Å²) < 4.78 is 1.84. The molecule has 0 aliphatic heterocycles. The fourth-order valence-electron chi connectivity index (χ4n) is 4.85. The summed E-state index contributed by atoms with van der Waals surface area (Å²) in [5, 5.41) is 5.16. The average molecular weight is 556 g/mol. The zero-order valence-corrected chi connectivity index (χ0v) is 22.0. The van der Waals surface area contributed by atoms with E-state index in [9.17, 15) is 4.79 Å². The van der Waals surface area contributed by atoms with Gasteiger partial charge in [0.2, 0.25) is 0 Å². The van der Waals surface area contributed by atoms with Crippen molar-refractivity contribution in [3.63, 3.8) is 0 Å². The van der Waals surface area contributed by atoms with Gasteiger partial charge in [0.1, 0.15) is 0 Å². The Morgan fingerprint density at radius 3 is 1.97 bits per heavy atom. The van der Waals surface area contributed by atoms with Crippen LogP contribution >= 0.6 is 0 Å². The number of benzene rings is 5. The minimum absolute atomic E-state index is 0.287. The number of rotatable bonds is 7. The molecule has 0 spiro atoms. The number of carbonyl (C=O) groups is 1. The molecular weight excluding hydrogens is 528 g/mol. The van der Waals surface area contributed by atoms with E-state index in [1.165, 1.54) is 47.4 Å². The van der Waals surface area contributed by atoms with Crippen LogP contribution < -0.4 is 3.61 Å². The van der Waals surface area contributed by atoms with Gasteiger partial charge in [0.05, 0.1) is 0 Å². The van der Waals surface area contributed by atoms with E-state index in [2.05, 4.69) is 110 Å². The molecule has 0 unspecified atom stereocenters. The van der Waals surface area contributed by atoms with E-state index in [4.69, 9.17) is 0 Å². The van der Waals surface area contributed by atoms with Crippen LogP contribution in [-0.4, -0.2) is 26.7 Å². The molecule has 0 fully saturated rings. The number of hydrogen-bond donors (Lipinski definition) is 0. The Morgan fingerprint density at radius 2 is 1.29 bits per heavy atom. The first-order valence-corrected chi connectivity index (χ1v) is 14.3. The summed E-state index contributed by atoms with van der Waals surface area (Å²) in [6.07, 6.45) is 1.61. The summed E-state index contributed by atoms with van der Waals surface area (Å²) in [5.41, 5.74) is 5.34. The first-order chi connectivity index (χ1) is 16.6. The molecule has 0 aliphatic rings. The van der Waals surface area contributed by atoms with Crippen LogP contribution in [-0.2, 0) is 11.2 Å². The Balaban J connectivity index is 1.69. The maximum absolute atomic E-state index is 12.3. The maximum atomic E-state index is 12.3. The molecule has 5 rings (SSSR count). The van der Waals surface area contributed by atoms with Gasteiger partial charge in [0, 0.05) is 0 Å². The van der Waals surface area contributed by atoms with Gasteiger partial charge in [-0.3, -0.25) is 0 Å². The van der Waals surface area contributed by atoms with E-state index in [1.807, 2.05) is 0 Å². The van der Waals surface area contributed by atoms with Crippen LogP contribution in [0.4, 0.5) is 0 Å². The molecule has 1 nitrogen and oxygen atoms in total. The van der Waals surface area contributed by atoms with Crippen molar-refractivity contribution in [1.29, 1.82) is 0 Å². The molecule has 5 aromatic rings. The number of Topliss-reactive ketones (excluding diaryl/α,β-unsaturated/α-hetero) is 1. The van der Waals surface area contributed by atoms with E-state index < -0.39 is 20.9 Å². The first kappa shape index (κ1) is 22.9. The van der Waals surface area contributed by atoms with Crippen molar-refractivity contribution in [2.24, 2.45) is 0 Å². The third-order valence-corrected chi connectivity index (χ3v) is 9.99. The zero-order chi connectivity index (χ0) is 23.5. The summed E-state index contributed by atoms with van der Waals surface area (Å²) in [7, 11) is 0. The standard InChI is InChI=1S/C32H28OTe/c1-22-16-17-25-12-6-8-14-28(25)31(22)32-29-15-9-7-13-26(29)18-19-30(32)34-27(20-23(2)33)21-24-10-4-3-5-11-24/h3-19,27H,20-21H2,1-2H3/t27-/m1/s1. The van der Waals surface area contributed by atoms with E-state index in [1.54, 1.807) is 6.92 Å². The van der Waals surface area contributed by atoms with Gasteiger partial charge in [0.25, 0.3) is 0 Å². The third kappa shape index (κ3) is 4.80. The van der Waals surface area contributed by atoms with Gasteiger partial charge in [0.15, 0.2) is 0 Å².